The highest BCUT2D eigenvalue weighted by molar-refractivity contribution is 6.09. The number of hydrogen-bond acceptors (Lipinski definition) is 5. The van der Waals surface area contributed by atoms with Gasteiger partial charge in [-0.15, -0.1) is 0 Å². The molecule has 2 aromatic carbocycles. The minimum atomic E-state index is -0.122. The summed E-state index contributed by atoms with van der Waals surface area (Å²) in [5.74, 6) is 0.151. The van der Waals surface area contributed by atoms with Crippen LogP contribution in [-0.4, -0.2) is 66.9 Å². The molecule has 0 bridgehead atoms. The summed E-state index contributed by atoms with van der Waals surface area (Å²) < 4.78 is 0. The smallest absolute Gasteiger partial charge is 0.191 e. The maximum Gasteiger partial charge on any atom is 0.191 e. The number of unbranched alkanes of at least 4 members (excludes halogenated alkanes) is 3. The largest absolute Gasteiger partial charge is 0.375 e. The summed E-state index contributed by atoms with van der Waals surface area (Å²) in [6.45, 7) is 31.3. The van der Waals surface area contributed by atoms with Crippen LogP contribution in [0.25, 0.3) is 5.57 Å². The first-order valence-corrected chi connectivity index (χ1v) is 19.1. The van der Waals surface area contributed by atoms with Crippen molar-refractivity contribution in [1.29, 1.82) is 0 Å². The van der Waals surface area contributed by atoms with Crippen LogP contribution >= 0.6 is 0 Å². The number of rotatable bonds is 13. The van der Waals surface area contributed by atoms with Crippen LogP contribution in [0.2, 0.25) is 0 Å². The minimum Gasteiger partial charge on any atom is -0.375 e. The molecule has 0 saturated heterocycles. The molecule has 5 heteroatoms. The molecule has 0 unspecified atom stereocenters. The molecule has 2 aliphatic rings. The summed E-state index contributed by atoms with van der Waals surface area (Å²) >= 11 is 0. The van der Waals surface area contributed by atoms with E-state index >= 15 is 0 Å². The third-order valence-corrected chi connectivity index (χ3v) is 11.2. The highest BCUT2D eigenvalue weighted by atomic mass is 16.1. The van der Waals surface area contributed by atoms with Crippen LogP contribution in [0.3, 0.4) is 0 Å². The van der Waals surface area contributed by atoms with Crippen LogP contribution in [-0.2, 0) is 0 Å². The lowest BCUT2D eigenvalue weighted by molar-refractivity contribution is 0.0964. The van der Waals surface area contributed by atoms with E-state index in [1.165, 1.54) is 36.1 Å². The van der Waals surface area contributed by atoms with Crippen LogP contribution in [0, 0.1) is 10.8 Å². The Morgan fingerprint density at radius 2 is 1.02 bits per heavy atom. The first-order valence-electron chi connectivity index (χ1n) is 19.1. The lowest BCUT2D eigenvalue weighted by Crippen LogP contribution is -2.44. The highest BCUT2D eigenvalue weighted by Crippen LogP contribution is 2.43. The van der Waals surface area contributed by atoms with E-state index in [2.05, 4.69) is 158 Å². The molecule has 0 fully saturated rings. The predicted molar refractivity (Wildman–Crippen MR) is 217 cm³/mol. The Morgan fingerprint density at radius 3 is 1.44 bits per heavy atom. The lowest BCUT2D eigenvalue weighted by atomic mass is 9.74. The fourth-order valence-electron chi connectivity index (χ4n) is 7.18. The number of carbonyl (C=O) groups is 1. The van der Waals surface area contributed by atoms with Crippen LogP contribution < -0.4 is 9.80 Å². The third-order valence-electron chi connectivity index (χ3n) is 11.2. The van der Waals surface area contributed by atoms with Crippen molar-refractivity contribution in [2.24, 2.45) is 10.8 Å². The second-order valence-corrected chi connectivity index (χ2v) is 18.2. The standard InChI is InChI=1S/C45H68N4O/c1-34(39-32-48(42(2,3)4)30-26-44(39,8)9)35-18-22-37(23-19-35)46(12)28-16-14-15-17-29-47(13)38-24-20-36(21-25-38)41(50)40-33-49(43(5,6)7)31-27-45(40,10)11/h18-25,32-33H,1,14-17,26-31H2,2-13H3. The van der Waals surface area contributed by atoms with E-state index < -0.39 is 0 Å². The molecule has 0 aliphatic carbocycles. The maximum absolute atomic E-state index is 13.6. The van der Waals surface area contributed by atoms with Crippen molar-refractivity contribution in [3.63, 3.8) is 0 Å². The van der Waals surface area contributed by atoms with Crippen LogP contribution in [0.1, 0.15) is 124 Å². The molecule has 0 spiro atoms. The fraction of sp³-hybridized carbons (Fsp3) is 0.578. The van der Waals surface area contributed by atoms with Gasteiger partial charge in [-0.3, -0.25) is 4.79 Å². The van der Waals surface area contributed by atoms with E-state index in [1.807, 2.05) is 12.1 Å². The molecule has 0 amide bonds. The zero-order chi connectivity index (χ0) is 37.1. The van der Waals surface area contributed by atoms with Gasteiger partial charge >= 0.3 is 0 Å². The first kappa shape index (κ1) is 39.3. The molecule has 274 valence electrons. The summed E-state index contributed by atoms with van der Waals surface area (Å²) in [5, 5.41) is 0. The summed E-state index contributed by atoms with van der Waals surface area (Å²) in [6, 6.07) is 17.2. The van der Waals surface area contributed by atoms with E-state index in [1.54, 1.807) is 0 Å². The number of allylic oxidation sites excluding steroid dienone is 3. The lowest BCUT2D eigenvalue weighted by Gasteiger charge is -2.44. The topological polar surface area (TPSA) is 30.0 Å². The second-order valence-electron chi connectivity index (χ2n) is 18.2. The Labute approximate surface area is 306 Å². The zero-order valence-corrected chi connectivity index (χ0v) is 33.7. The normalized spacial score (nSPS) is 17.6. The minimum absolute atomic E-state index is 0.00729. The van der Waals surface area contributed by atoms with Gasteiger partial charge in [0.25, 0.3) is 0 Å². The van der Waals surface area contributed by atoms with E-state index in [-0.39, 0.29) is 27.7 Å². The van der Waals surface area contributed by atoms with Crippen LogP contribution in [0.4, 0.5) is 11.4 Å². The summed E-state index contributed by atoms with van der Waals surface area (Å²) in [6.07, 6.45) is 11.3. The van der Waals surface area contributed by atoms with Crippen molar-refractivity contribution in [3.05, 3.63) is 89.8 Å². The average molecular weight is 681 g/mol. The van der Waals surface area contributed by atoms with E-state index in [0.717, 1.165) is 67.8 Å². The van der Waals surface area contributed by atoms with Crippen molar-refractivity contribution in [2.75, 3.05) is 50.1 Å². The van der Waals surface area contributed by atoms with Crippen molar-refractivity contribution < 1.29 is 4.79 Å². The molecule has 0 radical (unpaired) electrons. The molecule has 0 N–H and O–H groups in total. The molecule has 4 rings (SSSR count). The Morgan fingerprint density at radius 1 is 0.640 bits per heavy atom. The van der Waals surface area contributed by atoms with Gasteiger partial charge in [0.1, 0.15) is 0 Å². The monoisotopic (exact) mass is 681 g/mol. The molecular weight excluding hydrogens is 613 g/mol. The van der Waals surface area contributed by atoms with Gasteiger partial charge in [-0.25, -0.2) is 0 Å². The van der Waals surface area contributed by atoms with Crippen molar-refractivity contribution in [1.82, 2.24) is 9.80 Å². The predicted octanol–water partition coefficient (Wildman–Crippen LogP) is 10.8. The molecular formula is C45H68N4O. The van der Waals surface area contributed by atoms with Crippen molar-refractivity contribution in [3.8, 4) is 0 Å². The highest BCUT2D eigenvalue weighted by Gasteiger charge is 2.36. The first-order chi connectivity index (χ1) is 23.2. The van der Waals surface area contributed by atoms with Gasteiger partial charge in [-0.05, 0) is 131 Å². The Hall–Kier alpha value is -3.47. The molecule has 0 aromatic heterocycles. The summed E-state index contributed by atoms with van der Waals surface area (Å²) in [5.41, 5.74) is 7.92. The molecule has 0 saturated carbocycles. The van der Waals surface area contributed by atoms with Crippen molar-refractivity contribution >= 4 is 22.7 Å². The molecule has 0 atom stereocenters. The molecule has 2 heterocycles. The number of Topliss-reactive ketones (excluding diaryl/α,β-unsaturated/α-hetero) is 1. The Bertz CT molecular complexity index is 1410. The number of anilines is 2. The van der Waals surface area contributed by atoms with Gasteiger partial charge in [0.15, 0.2) is 5.78 Å². The van der Waals surface area contributed by atoms with E-state index in [4.69, 9.17) is 0 Å². The number of benzene rings is 2. The van der Waals surface area contributed by atoms with Gasteiger partial charge in [-0.1, -0.05) is 59.2 Å². The Balaban J connectivity index is 1.22. The second kappa shape index (κ2) is 15.4. The SMILES string of the molecule is C=C(C1=CN(C(C)(C)C)CCC1(C)C)c1ccc(N(C)CCCCCCN(C)c2ccc(C(=O)C3=CN(C(C)(C)C)CCC3(C)C)cc2)cc1. The summed E-state index contributed by atoms with van der Waals surface area (Å²) in [7, 11) is 4.36. The van der Waals surface area contributed by atoms with Crippen LogP contribution in [0.15, 0.2) is 78.7 Å². The average Bonchev–Trinajstić information content (AvgIpc) is 3.04. The Kier molecular flexibility index (Phi) is 12.1. The number of hydrogen-bond donors (Lipinski definition) is 0. The van der Waals surface area contributed by atoms with Crippen molar-refractivity contribution in [2.45, 2.75) is 119 Å². The van der Waals surface area contributed by atoms with Gasteiger partial charge in [0, 0.05) is 86.3 Å². The molecule has 50 heavy (non-hydrogen) atoms. The molecule has 5 nitrogen and oxygen atoms in total. The number of ketones is 1. The molecule has 2 aliphatic heterocycles. The number of nitrogens with zero attached hydrogens (tertiary/aromatic N) is 4. The quantitative estimate of drug-likeness (QED) is 0.155. The van der Waals surface area contributed by atoms with E-state index in [9.17, 15) is 4.79 Å². The van der Waals surface area contributed by atoms with Crippen LogP contribution in [0.5, 0.6) is 0 Å². The van der Waals surface area contributed by atoms with Gasteiger partial charge in [-0.2, -0.15) is 0 Å². The fourth-order valence-corrected chi connectivity index (χ4v) is 7.18. The van der Waals surface area contributed by atoms with Gasteiger partial charge in [0.2, 0.25) is 0 Å². The van der Waals surface area contributed by atoms with Gasteiger partial charge in [0.05, 0.1) is 0 Å². The molecule has 2 aromatic rings. The maximum atomic E-state index is 13.6. The van der Waals surface area contributed by atoms with E-state index in [0.29, 0.717) is 0 Å². The van der Waals surface area contributed by atoms with Gasteiger partial charge < -0.3 is 19.6 Å². The zero-order valence-electron chi connectivity index (χ0n) is 33.7. The number of carbonyl (C=O) groups excluding carboxylic acids is 1. The summed E-state index contributed by atoms with van der Waals surface area (Å²) in [4.78, 5) is 23.1. The third kappa shape index (κ3) is 9.65.